The summed E-state index contributed by atoms with van der Waals surface area (Å²) in [5.41, 5.74) is -0.425. The Balaban J connectivity index is 1.58. The van der Waals surface area contributed by atoms with Crippen LogP contribution in [0.2, 0.25) is 0 Å². The molecule has 1 saturated carbocycles. The first kappa shape index (κ1) is 14.7. The first-order valence-corrected chi connectivity index (χ1v) is 7.80. The molecule has 3 heterocycles. The van der Waals surface area contributed by atoms with Crippen LogP contribution >= 0.6 is 0 Å². The molecule has 124 valence electrons. The van der Waals surface area contributed by atoms with Crippen molar-refractivity contribution in [2.75, 3.05) is 0 Å². The lowest BCUT2D eigenvalue weighted by Crippen LogP contribution is -2.44. The molecule has 24 heavy (non-hydrogen) atoms. The third-order valence-electron chi connectivity index (χ3n) is 4.27. The minimum absolute atomic E-state index is 0.188. The zero-order valence-electron chi connectivity index (χ0n) is 13.1. The van der Waals surface area contributed by atoms with Crippen molar-refractivity contribution in [3.8, 4) is 11.5 Å². The zero-order chi connectivity index (χ0) is 16.6. The van der Waals surface area contributed by atoms with Crippen molar-refractivity contribution in [1.82, 2.24) is 20.6 Å². The lowest BCUT2D eigenvalue weighted by atomic mass is 9.96. The summed E-state index contributed by atoms with van der Waals surface area (Å²) in [6.07, 6.45) is 5.04. The second kappa shape index (κ2) is 5.63. The molecule has 1 aliphatic carbocycles. The summed E-state index contributed by atoms with van der Waals surface area (Å²) in [4.78, 5) is 16.9. The quantitative estimate of drug-likeness (QED) is 0.784. The Morgan fingerprint density at radius 2 is 2.04 bits per heavy atom. The van der Waals surface area contributed by atoms with E-state index >= 15 is 0 Å². The van der Waals surface area contributed by atoms with Crippen molar-refractivity contribution in [3.63, 3.8) is 0 Å². The van der Waals surface area contributed by atoms with Gasteiger partial charge in [0.1, 0.15) is 5.54 Å². The van der Waals surface area contributed by atoms with Gasteiger partial charge in [0.15, 0.2) is 17.3 Å². The summed E-state index contributed by atoms with van der Waals surface area (Å²) in [7, 11) is 0. The van der Waals surface area contributed by atoms with Gasteiger partial charge in [-0.25, -0.2) is 0 Å². The number of carbonyl (C=O) groups is 1. The highest BCUT2D eigenvalue weighted by molar-refractivity contribution is 5.93. The molecule has 0 saturated heterocycles. The predicted molar refractivity (Wildman–Crippen MR) is 80.9 cm³/mol. The van der Waals surface area contributed by atoms with Gasteiger partial charge in [0.05, 0.1) is 6.26 Å². The summed E-state index contributed by atoms with van der Waals surface area (Å²) in [5.74, 6) is 1.58. The third kappa shape index (κ3) is 2.49. The standard InChI is InChI=1S/C16H16N4O4/c1-10-17-15(20-23-10)16(6-2-3-7-16)18-14(21)11-9-13(24-19-11)12-5-4-8-22-12/h4-5,8-9H,2-3,6-7H2,1H3,(H,18,21). The topological polar surface area (TPSA) is 107 Å². The summed E-state index contributed by atoms with van der Waals surface area (Å²) < 4.78 is 15.5. The van der Waals surface area contributed by atoms with E-state index < -0.39 is 5.54 Å². The van der Waals surface area contributed by atoms with Crippen LogP contribution in [0.3, 0.4) is 0 Å². The SMILES string of the molecule is Cc1nc(C2(NC(=O)c3cc(-c4ccco4)on3)CCCC2)no1. The van der Waals surface area contributed by atoms with Crippen molar-refractivity contribution < 1.29 is 18.3 Å². The van der Waals surface area contributed by atoms with E-state index in [0.29, 0.717) is 23.2 Å². The van der Waals surface area contributed by atoms with Crippen LogP contribution in [0.5, 0.6) is 0 Å². The Morgan fingerprint density at radius 3 is 2.71 bits per heavy atom. The molecule has 0 bridgehead atoms. The molecule has 0 spiro atoms. The number of nitrogens with one attached hydrogen (secondary N) is 1. The Labute approximate surface area is 137 Å². The summed E-state index contributed by atoms with van der Waals surface area (Å²) in [5, 5.41) is 10.9. The number of furan rings is 1. The number of hydrogen-bond donors (Lipinski definition) is 1. The van der Waals surface area contributed by atoms with Gasteiger partial charge in [-0.05, 0) is 25.0 Å². The molecule has 1 N–H and O–H groups in total. The molecular formula is C16H16N4O4. The molecule has 1 aliphatic rings. The van der Waals surface area contributed by atoms with Crippen LogP contribution in [0.15, 0.2) is 37.9 Å². The van der Waals surface area contributed by atoms with Crippen LogP contribution < -0.4 is 5.32 Å². The average molecular weight is 328 g/mol. The highest BCUT2D eigenvalue weighted by Gasteiger charge is 2.41. The van der Waals surface area contributed by atoms with E-state index in [9.17, 15) is 4.79 Å². The van der Waals surface area contributed by atoms with E-state index in [1.165, 1.54) is 6.26 Å². The van der Waals surface area contributed by atoms with Crippen LogP contribution in [-0.4, -0.2) is 21.2 Å². The lowest BCUT2D eigenvalue weighted by molar-refractivity contribution is 0.0882. The highest BCUT2D eigenvalue weighted by atomic mass is 16.5. The van der Waals surface area contributed by atoms with Crippen LogP contribution in [0.4, 0.5) is 0 Å². The number of amides is 1. The Hall–Kier alpha value is -2.90. The fourth-order valence-corrected chi connectivity index (χ4v) is 3.08. The van der Waals surface area contributed by atoms with Crippen molar-refractivity contribution in [2.24, 2.45) is 0 Å². The molecule has 1 fully saturated rings. The molecule has 0 atom stereocenters. The second-order valence-electron chi connectivity index (χ2n) is 5.93. The average Bonchev–Trinajstić information content (AvgIpc) is 3.34. The lowest BCUT2D eigenvalue weighted by Gasteiger charge is -2.26. The third-order valence-corrected chi connectivity index (χ3v) is 4.27. The monoisotopic (exact) mass is 328 g/mol. The maximum atomic E-state index is 12.6. The van der Waals surface area contributed by atoms with Crippen molar-refractivity contribution >= 4 is 5.91 Å². The van der Waals surface area contributed by atoms with Gasteiger partial charge in [-0.1, -0.05) is 23.2 Å². The van der Waals surface area contributed by atoms with Gasteiger partial charge >= 0.3 is 0 Å². The second-order valence-corrected chi connectivity index (χ2v) is 5.93. The molecular weight excluding hydrogens is 312 g/mol. The van der Waals surface area contributed by atoms with Crippen molar-refractivity contribution in [3.05, 3.63) is 41.9 Å². The molecule has 3 aromatic rings. The molecule has 4 rings (SSSR count). The molecule has 8 nitrogen and oxygen atoms in total. The van der Waals surface area contributed by atoms with Gasteiger partial charge in [0.25, 0.3) is 5.91 Å². The molecule has 0 unspecified atom stereocenters. The van der Waals surface area contributed by atoms with Crippen molar-refractivity contribution in [1.29, 1.82) is 0 Å². The molecule has 3 aromatic heterocycles. The first-order chi connectivity index (χ1) is 11.7. The van der Waals surface area contributed by atoms with Gasteiger partial charge in [0, 0.05) is 13.0 Å². The van der Waals surface area contributed by atoms with Gasteiger partial charge in [-0.15, -0.1) is 0 Å². The summed E-state index contributed by atoms with van der Waals surface area (Å²) in [6.45, 7) is 1.73. The summed E-state index contributed by atoms with van der Waals surface area (Å²) in [6, 6.07) is 5.03. The number of nitrogens with zero attached hydrogens (tertiary/aromatic N) is 3. The van der Waals surface area contributed by atoms with E-state index in [2.05, 4.69) is 20.6 Å². The smallest absolute Gasteiger partial charge is 0.274 e. The highest BCUT2D eigenvalue weighted by Crippen LogP contribution is 2.37. The van der Waals surface area contributed by atoms with E-state index in [-0.39, 0.29) is 11.6 Å². The number of rotatable bonds is 4. The van der Waals surface area contributed by atoms with Crippen LogP contribution in [0.25, 0.3) is 11.5 Å². The number of hydrogen-bond acceptors (Lipinski definition) is 7. The van der Waals surface area contributed by atoms with E-state index in [0.717, 1.165) is 25.7 Å². The first-order valence-electron chi connectivity index (χ1n) is 7.80. The van der Waals surface area contributed by atoms with E-state index in [4.69, 9.17) is 13.5 Å². The van der Waals surface area contributed by atoms with Crippen molar-refractivity contribution in [2.45, 2.75) is 38.1 Å². The normalized spacial score (nSPS) is 16.4. The predicted octanol–water partition coefficient (Wildman–Crippen LogP) is 2.83. The number of aryl methyl sites for hydroxylation is 1. The largest absolute Gasteiger partial charge is 0.461 e. The zero-order valence-corrected chi connectivity index (χ0v) is 13.1. The van der Waals surface area contributed by atoms with Crippen LogP contribution in [-0.2, 0) is 5.54 Å². The number of carbonyl (C=O) groups excluding carboxylic acids is 1. The van der Waals surface area contributed by atoms with E-state index in [1.807, 2.05) is 0 Å². The molecule has 1 amide bonds. The Bertz CT molecular complexity index is 843. The molecule has 0 radical (unpaired) electrons. The van der Waals surface area contributed by atoms with Gasteiger partial charge in [-0.3, -0.25) is 4.79 Å². The van der Waals surface area contributed by atoms with E-state index in [1.54, 1.807) is 25.1 Å². The van der Waals surface area contributed by atoms with Crippen LogP contribution in [0, 0.1) is 6.92 Å². The van der Waals surface area contributed by atoms with Crippen LogP contribution in [0.1, 0.15) is 47.9 Å². The Morgan fingerprint density at radius 1 is 1.21 bits per heavy atom. The maximum Gasteiger partial charge on any atom is 0.274 e. The number of aromatic nitrogens is 3. The minimum atomic E-state index is -0.612. The molecule has 8 heteroatoms. The van der Waals surface area contributed by atoms with Gasteiger partial charge in [0.2, 0.25) is 11.7 Å². The maximum absolute atomic E-state index is 12.6. The molecule has 0 aliphatic heterocycles. The fraction of sp³-hybridized carbons (Fsp3) is 0.375. The fourth-order valence-electron chi connectivity index (χ4n) is 3.08. The van der Waals surface area contributed by atoms with Gasteiger partial charge < -0.3 is 18.8 Å². The molecule has 0 aromatic carbocycles. The summed E-state index contributed by atoms with van der Waals surface area (Å²) >= 11 is 0. The minimum Gasteiger partial charge on any atom is -0.461 e. The van der Waals surface area contributed by atoms with Gasteiger partial charge in [-0.2, -0.15) is 4.98 Å². The Kier molecular flexibility index (Phi) is 3.44.